The van der Waals surface area contributed by atoms with E-state index in [1.807, 2.05) is 25.1 Å². The molecule has 0 spiro atoms. The first-order valence-corrected chi connectivity index (χ1v) is 13.4. The number of primary amides is 1. The van der Waals surface area contributed by atoms with Gasteiger partial charge in [0, 0.05) is 23.7 Å². The molecule has 9 nitrogen and oxygen atoms in total. The molecule has 9 heteroatoms. The molecule has 1 saturated carbocycles. The molecule has 212 valence electrons. The highest BCUT2D eigenvalue weighted by atomic mass is 16.6. The number of aryl methyl sites for hydroxylation is 1. The Balaban J connectivity index is 2.08. The van der Waals surface area contributed by atoms with Gasteiger partial charge in [0.15, 0.2) is 0 Å². The molecule has 0 aliphatic heterocycles. The van der Waals surface area contributed by atoms with Gasteiger partial charge in [-0.25, -0.2) is 4.79 Å². The summed E-state index contributed by atoms with van der Waals surface area (Å²) in [5.41, 5.74) is 7.00. The van der Waals surface area contributed by atoms with Gasteiger partial charge in [-0.1, -0.05) is 42.3 Å². The van der Waals surface area contributed by atoms with Gasteiger partial charge in [0.1, 0.15) is 17.7 Å². The highest BCUT2D eigenvalue weighted by Gasteiger charge is 2.42. The summed E-state index contributed by atoms with van der Waals surface area (Å²) in [4.78, 5) is 54.3. The van der Waals surface area contributed by atoms with Crippen molar-refractivity contribution in [2.24, 2.45) is 5.73 Å². The number of rotatable bonds is 10. The number of nitrogens with zero attached hydrogens (tertiary/aromatic N) is 1. The van der Waals surface area contributed by atoms with Gasteiger partial charge in [-0.05, 0) is 76.6 Å². The Morgan fingerprint density at radius 3 is 2.33 bits per heavy atom. The van der Waals surface area contributed by atoms with Crippen molar-refractivity contribution in [3.63, 3.8) is 0 Å². The highest BCUT2D eigenvalue weighted by molar-refractivity contribution is 6.00. The van der Waals surface area contributed by atoms with E-state index in [0.717, 1.165) is 12.0 Å². The Morgan fingerprint density at radius 1 is 1.10 bits per heavy atom. The van der Waals surface area contributed by atoms with Crippen LogP contribution in [0.25, 0.3) is 0 Å². The number of terminal acetylenes is 1. The lowest BCUT2D eigenvalue weighted by Crippen LogP contribution is -2.57. The Hall–Kier alpha value is -4.32. The van der Waals surface area contributed by atoms with E-state index in [-0.39, 0.29) is 18.9 Å². The normalized spacial score (nSPS) is 14.6. The lowest BCUT2D eigenvalue weighted by molar-refractivity contribution is -0.146. The third kappa shape index (κ3) is 7.85. The van der Waals surface area contributed by atoms with E-state index in [1.165, 1.54) is 4.90 Å². The number of hydrogen-bond donors (Lipinski definition) is 3. The van der Waals surface area contributed by atoms with Crippen LogP contribution in [0.4, 0.5) is 10.5 Å². The Kier molecular flexibility index (Phi) is 9.94. The van der Waals surface area contributed by atoms with E-state index in [0.29, 0.717) is 29.7 Å². The first kappa shape index (κ1) is 30.2. The summed E-state index contributed by atoms with van der Waals surface area (Å²) in [6.07, 6.45) is 7.03. The zero-order valence-corrected chi connectivity index (χ0v) is 23.5. The van der Waals surface area contributed by atoms with Crippen LogP contribution in [-0.4, -0.2) is 46.4 Å². The summed E-state index contributed by atoms with van der Waals surface area (Å²) in [6, 6.07) is 11.8. The third-order valence-corrected chi connectivity index (χ3v) is 6.73. The van der Waals surface area contributed by atoms with Gasteiger partial charge in [0.05, 0.1) is 0 Å². The number of alkyl carbamates (subject to hydrolysis) is 1. The SMILES string of the molecule is C#Cc1ccccc1C(C(=O)Nc1ccccc1C)N(C(=O)C(CCC(N)=O)NC(=O)OC(C)(C)C)C1CCC1. The molecule has 3 rings (SSSR count). The molecule has 0 saturated heterocycles. The second-order valence-electron chi connectivity index (χ2n) is 11.0. The molecule has 4 N–H and O–H groups in total. The zero-order valence-electron chi connectivity index (χ0n) is 23.5. The summed E-state index contributed by atoms with van der Waals surface area (Å²) in [5, 5.41) is 5.58. The molecule has 4 amide bonds. The standard InChI is InChI=1S/C31H38N4O5/c1-6-21-13-8-9-16-23(21)27(28(37)33-24-17-10-7-12-20(24)2)35(22-14-11-15-22)29(38)25(18-19-26(32)36)34-30(39)40-31(3,4)5/h1,7-10,12-13,16-17,22,25,27H,11,14-15,18-19H2,2-5H3,(H2,32,36)(H,33,37)(H,34,39). The van der Waals surface area contributed by atoms with E-state index in [4.69, 9.17) is 16.9 Å². The van der Waals surface area contributed by atoms with Gasteiger partial charge < -0.3 is 26.0 Å². The van der Waals surface area contributed by atoms with Crippen LogP contribution in [0.1, 0.15) is 75.6 Å². The zero-order chi connectivity index (χ0) is 29.4. The minimum atomic E-state index is -1.16. The van der Waals surface area contributed by atoms with Crippen molar-refractivity contribution in [2.75, 3.05) is 5.32 Å². The number of hydrogen-bond acceptors (Lipinski definition) is 5. The minimum Gasteiger partial charge on any atom is -0.444 e. The number of carbonyl (C=O) groups is 4. The van der Waals surface area contributed by atoms with Crippen LogP contribution in [0.5, 0.6) is 0 Å². The number of anilines is 1. The molecular formula is C31H38N4O5. The molecule has 40 heavy (non-hydrogen) atoms. The molecule has 2 aromatic rings. The number of nitrogens with one attached hydrogen (secondary N) is 2. The minimum absolute atomic E-state index is 0.0560. The summed E-state index contributed by atoms with van der Waals surface area (Å²) in [5.74, 6) is 1.05. The smallest absolute Gasteiger partial charge is 0.408 e. The highest BCUT2D eigenvalue weighted by Crippen LogP contribution is 2.36. The molecule has 1 aliphatic rings. The maximum Gasteiger partial charge on any atom is 0.408 e. The van der Waals surface area contributed by atoms with Crippen LogP contribution in [-0.2, 0) is 19.1 Å². The largest absolute Gasteiger partial charge is 0.444 e. The maximum atomic E-state index is 14.3. The lowest BCUT2D eigenvalue weighted by atomic mass is 9.87. The quantitative estimate of drug-likeness (QED) is 0.385. The molecule has 0 heterocycles. The van der Waals surface area contributed by atoms with Crippen molar-refractivity contribution >= 4 is 29.5 Å². The summed E-state index contributed by atoms with van der Waals surface area (Å²) < 4.78 is 5.38. The molecule has 2 unspecified atom stereocenters. The van der Waals surface area contributed by atoms with E-state index >= 15 is 0 Å². The van der Waals surface area contributed by atoms with Gasteiger partial charge in [0.25, 0.3) is 5.91 Å². The summed E-state index contributed by atoms with van der Waals surface area (Å²) >= 11 is 0. The molecule has 0 bridgehead atoms. The van der Waals surface area contributed by atoms with Crippen molar-refractivity contribution in [2.45, 2.75) is 83.5 Å². The predicted octanol–water partition coefficient (Wildman–Crippen LogP) is 4.20. The molecule has 2 aromatic carbocycles. The topological polar surface area (TPSA) is 131 Å². The van der Waals surface area contributed by atoms with E-state index < -0.39 is 41.5 Å². The number of amides is 4. The van der Waals surface area contributed by atoms with E-state index in [2.05, 4.69) is 16.6 Å². The number of nitrogens with two attached hydrogens (primary N) is 1. The van der Waals surface area contributed by atoms with Crippen molar-refractivity contribution in [3.8, 4) is 12.3 Å². The Labute approximate surface area is 235 Å². The van der Waals surface area contributed by atoms with Crippen molar-refractivity contribution in [3.05, 3.63) is 65.2 Å². The molecule has 0 radical (unpaired) electrons. The predicted molar refractivity (Wildman–Crippen MR) is 153 cm³/mol. The van der Waals surface area contributed by atoms with Crippen LogP contribution < -0.4 is 16.4 Å². The number of para-hydroxylation sites is 1. The van der Waals surface area contributed by atoms with Crippen molar-refractivity contribution in [1.29, 1.82) is 0 Å². The number of benzene rings is 2. The third-order valence-electron chi connectivity index (χ3n) is 6.73. The van der Waals surface area contributed by atoms with Crippen molar-refractivity contribution in [1.82, 2.24) is 10.2 Å². The molecule has 1 fully saturated rings. The van der Waals surface area contributed by atoms with Crippen LogP contribution in [0.2, 0.25) is 0 Å². The number of ether oxygens (including phenoxy) is 1. The summed E-state index contributed by atoms with van der Waals surface area (Å²) in [7, 11) is 0. The molecule has 1 aliphatic carbocycles. The fourth-order valence-electron chi connectivity index (χ4n) is 4.56. The fraction of sp³-hybridized carbons (Fsp3) is 0.419. The molecular weight excluding hydrogens is 508 g/mol. The second-order valence-corrected chi connectivity index (χ2v) is 11.0. The van der Waals surface area contributed by atoms with Gasteiger partial charge >= 0.3 is 6.09 Å². The summed E-state index contributed by atoms with van der Waals surface area (Å²) in [6.45, 7) is 6.99. The first-order chi connectivity index (χ1) is 18.9. The first-order valence-electron chi connectivity index (χ1n) is 13.4. The van der Waals surface area contributed by atoms with Crippen LogP contribution >= 0.6 is 0 Å². The average Bonchev–Trinajstić information content (AvgIpc) is 2.85. The monoisotopic (exact) mass is 546 g/mol. The van der Waals surface area contributed by atoms with Crippen molar-refractivity contribution < 1.29 is 23.9 Å². The number of carbonyl (C=O) groups excluding carboxylic acids is 4. The Morgan fingerprint density at radius 2 is 1.75 bits per heavy atom. The van der Waals surface area contributed by atoms with Gasteiger partial charge in [0.2, 0.25) is 11.8 Å². The van der Waals surface area contributed by atoms with Crippen LogP contribution in [0.15, 0.2) is 48.5 Å². The van der Waals surface area contributed by atoms with Crippen LogP contribution in [0, 0.1) is 19.3 Å². The van der Waals surface area contributed by atoms with Gasteiger partial charge in [-0.2, -0.15) is 0 Å². The van der Waals surface area contributed by atoms with E-state index in [9.17, 15) is 19.2 Å². The lowest BCUT2D eigenvalue weighted by Gasteiger charge is -2.43. The second kappa shape index (κ2) is 13.2. The van der Waals surface area contributed by atoms with Crippen LogP contribution in [0.3, 0.4) is 0 Å². The average molecular weight is 547 g/mol. The van der Waals surface area contributed by atoms with Gasteiger partial charge in [-0.15, -0.1) is 6.42 Å². The Bertz CT molecular complexity index is 1290. The molecule has 0 aromatic heterocycles. The fourth-order valence-corrected chi connectivity index (χ4v) is 4.56. The van der Waals surface area contributed by atoms with Gasteiger partial charge in [-0.3, -0.25) is 14.4 Å². The maximum absolute atomic E-state index is 14.3. The van der Waals surface area contributed by atoms with E-state index in [1.54, 1.807) is 51.1 Å². The molecule has 2 atom stereocenters.